The Morgan fingerprint density at radius 1 is 0.862 bits per heavy atom. The Morgan fingerprint density at radius 3 is 2.24 bits per heavy atom. The van der Waals surface area contributed by atoms with Crippen molar-refractivity contribution in [1.29, 1.82) is 0 Å². The molecule has 0 aliphatic rings. The molecule has 1 heterocycles. The molecule has 154 valence electrons. The van der Waals surface area contributed by atoms with Crippen molar-refractivity contribution in [2.24, 2.45) is 0 Å². The van der Waals surface area contributed by atoms with E-state index >= 15 is 0 Å². The first-order chi connectivity index (χ1) is 14.1. The topological polar surface area (TPSA) is 79.1 Å². The largest absolute Gasteiger partial charge is 0.497 e. The van der Waals surface area contributed by atoms with E-state index in [4.69, 9.17) is 23.5 Å². The van der Waals surface area contributed by atoms with Crippen molar-refractivity contribution in [3.63, 3.8) is 0 Å². The fourth-order valence-electron chi connectivity index (χ4n) is 2.79. The highest BCUT2D eigenvalue weighted by atomic mass is 16.5. The van der Waals surface area contributed by atoms with Crippen LogP contribution in [0, 0.1) is 0 Å². The summed E-state index contributed by atoms with van der Waals surface area (Å²) in [7, 11) is 6.87. The van der Waals surface area contributed by atoms with Crippen LogP contribution in [0.25, 0.3) is 0 Å². The minimum Gasteiger partial charge on any atom is -0.497 e. The van der Waals surface area contributed by atoms with Gasteiger partial charge >= 0.3 is 0 Å². The lowest BCUT2D eigenvalue weighted by atomic mass is 10.2. The van der Waals surface area contributed by atoms with E-state index in [1.165, 1.54) is 0 Å². The Morgan fingerprint density at radius 2 is 1.55 bits per heavy atom. The van der Waals surface area contributed by atoms with Crippen molar-refractivity contribution in [2.45, 2.75) is 19.7 Å². The summed E-state index contributed by atoms with van der Waals surface area (Å²) >= 11 is 0. The summed E-state index contributed by atoms with van der Waals surface area (Å²) in [6, 6.07) is 13.1. The van der Waals surface area contributed by atoms with Crippen molar-refractivity contribution in [3.8, 4) is 23.0 Å². The van der Waals surface area contributed by atoms with Crippen LogP contribution in [0.2, 0.25) is 0 Å². The fourth-order valence-corrected chi connectivity index (χ4v) is 2.79. The van der Waals surface area contributed by atoms with Gasteiger partial charge in [-0.25, -0.2) is 0 Å². The van der Waals surface area contributed by atoms with Crippen LogP contribution in [0.5, 0.6) is 23.0 Å². The summed E-state index contributed by atoms with van der Waals surface area (Å²) in [6.07, 6.45) is 0. The van der Waals surface area contributed by atoms with E-state index in [-0.39, 0.29) is 6.61 Å². The molecule has 0 spiro atoms. The molecular formula is C21H25N3O5. The van der Waals surface area contributed by atoms with E-state index in [0.29, 0.717) is 30.6 Å². The van der Waals surface area contributed by atoms with E-state index in [0.717, 1.165) is 22.8 Å². The van der Waals surface area contributed by atoms with E-state index in [2.05, 4.69) is 15.0 Å². The number of nitrogens with zero attached hydrogens (tertiary/aromatic N) is 3. The predicted octanol–water partition coefficient (Wildman–Crippen LogP) is 3.31. The summed E-state index contributed by atoms with van der Waals surface area (Å²) in [6.45, 7) is 1.39. The third-order valence-corrected chi connectivity index (χ3v) is 4.28. The van der Waals surface area contributed by atoms with Crippen LogP contribution in [0.15, 0.2) is 47.0 Å². The molecule has 0 radical (unpaired) electrons. The van der Waals surface area contributed by atoms with Gasteiger partial charge in [0.15, 0.2) is 6.61 Å². The Labute approximate surface area is 169 Å². The van der Waals surface area contributed by atoms with E-state index < -0.39 is 0 Å². The van der Waals surface area contributed by atoms with Crippen LogP contribution < -0.4 is 18.9 Å². The average molecular weight is 399 g/mol. The van der Waals surface area contributed by atoms with Gasteiger partial charge in [-0.3, -0.25) is 4.90 Å². The first-order valence-corrected chi connectivity index (χ1v) is 9.09. The Hall–Kier alpha value is -3.26. The highest BCUT2D eigenvalue weighted by Gasteiger charge is 2.13. The van der Waals surface area contributed by atoms with E-state index in [1.54, 1.807) is 21.3 Å². The molecule has 0 atom stereocenters. The Bertz CT molecular complexity index is 911. The monoisotopic (exact) mass is 399 g/mol. The smallest absolute Gasteiger partial charge is 0.240 e. The van der Waals surface area contributed by atoms with Gasteiger partial charge in [-0.05, 0) is 37.4 Å². The highest BCUT2D eigenvalue weighted by Crippen LogP contribution is 2.25. The normalized spacial score (nSPS) is 10.8. The highest BCUT2D eigenvalue weighted by molar-refractivity contribution is 5.40. The van der Waals surface area contributed by atoms with Crippen LogP contribution in [0.4, 0.5) is 0 Å². The second kappa shape index (κ2) is 9.79. The first-order valence-electron chi connectivity index (χ1n) is 9.09. The van der Waals surface area contributed by atoms with Crippen molar-refractivity contribution in [1.82, 2.24) is 15.0 Å². The third-order valence-electron chi connectivity index (χ3n) is 4.28. The molecule has 0 bridgehead atoms. The molecule has 29 heavy (non-hydrogen) atoms. The molecular weight excluding hydrogens is 374 g/mol. The number of ether oxygens (including phenoxy) is 4. The molecule has 0 saturated heterocycles. The van der Waals surface area contributed by atoms with Crippen molar-refractivity contribution >= 4 is 0 Å². The maximum Gasteiger partial charge on any atom is 0.240 e. The minimum absolute atomic E-state index is 0.228. The number of hydrogen-bond acceptors (Lipinski definition) is 8. The lowest BCUT2D eigenvalue weighted by Crippen LogP contribution is -2.18. The Kier molecular flexibility index (Phi) is 6.91. The zero-order valence-corrected chi connectivity index (χ0v) is 17.0. The summed E-state index contributed by atoms with van der Waals surface area (Å²) in [4.78, 5) is 6.45. The molecule has 0 unspecified atom stereocenters. The summed E-state index contributed by atoms with van der Waals surface area (Å²) in [5.41, 5.74) is 1.04. The second-order valence-corrected chi connectivity index (χ2v) is 6.42. The molecule has 0 fully saturated rings. The average Bonchev–Trinajstić information content (AvgIpc) is 3.20. The van der Waals surface area contributed by atoms with Crippen LogP contribution in [0.3, 0.4) is 0 Å². The molecule has 8 nitrogen and oxygen atoms in total. The molecule has 2 aromatic carbocycles. The van der Waals surface area contributed by atoms with Crippen LogP contribution in [-0.2, 0) is 19.7 Å². The molecule has 0 amide bonds. The van der Waals surface area contributed by atoms with Crippen LogP contribution >= 0.6 is 0 Å². The summed E-state index contributed by atoms with van der Waals surface area (Å²) in [5.74, 6) is 4.03. The molecule has 3 aromatic rings. The summed E-state index contributed by atoms with van der Waals surface area (Å²) < 4.78 is 26.8. The number of rotatable bonds is 10. The van der Waals surface area contributed by atoms with Crippen molar-refractivity contribution in [3.05, 3.63) is 59.7 Å². The minimum atomic E-state index is 0.228. The quantitative estimate of drug-likeness (QED) is 0.514. The number of aromatic nitrogens is 2. The molecule has 3 rings (SSSR count). The van der Waals surface area contributed by atoms with Gasteiger partial charge in [-0.1, -0.05) is 11.2 Å². The van der Waals surface area contributed by atoms with Gasteiger partial charge in [0.25, 0.3) is 0 Å². The van der Waals surface area contributed by atoms with Gasteiger partial charge < -0.3 is 23.5 Å². The van der Waals surface area contributed by atoms with Crippen molar-refractivity contribution in [2.75, 3.05) is 28.4 Å². The number of methoxy groups -OCH3 is 3. The lowest BCUT2D eigenvalue weighted by Gasteiger charge is -2.17. The maximum atomic E-state index is 5.68. The van der Waals surface area contributed by atoms with Gasteiger partial charge in [0, 0.05) is 18.2 Å². The molecule has 0 aliphatic carbocycles. The first kappa shape index (κ1) is 20.5. The lowest BCUT2D eigenvalue weighted by molar-refractivity contribution is 0.253. The fraction of sp³-hybridized carbons (Fsp3) is 0.333. The molecule has 1 aromatic heterocycles. The molecule has 8 heteroatoms. The van der Waals surface area contributed by atoms with Gasteiger partial charge in [-0.2, -0.15) is 4.98 Å². The Balaban J connectivity index is 1.54. The van der Waals surface area contributed by atoms with Crippen molar-refractivity contribution < 1.29 is 23.5 Å². The van der Waals surface area contributed by atoms with E-state index in [9.17, 15) is 0 Å². The molecule has 0 aliphatic heterocycles. The van der Waals surface area contributed by atoms with Gasteiger partial charge in [0.1, 0.15) is 23.0 Å². The summed E-state index contributed by atoms with van der Waals surface area (Å²) in [5, 5.41) is 3.98. The van der Waals surface area contributed by atoms with Crippen LogP contribution in [0.1, 0.15) is 17.3 Å². The maximum absolute atomic E-state index is 5.68. The van der Waals surface area contributed by atoms with Gasteiger partial charge in [0.2, 0.25) is 11.7 Å². The van der Waals surface area contributed by atoms with E-state index in [1.807, 2.05) is 49.5 Å². The SMILES string of the molecule is COc1ccc(OCc2noc(CN(C)Cc3ccc(OC)cc3OC)n2)cc1. The number of benzene rings is 2. The third kappa shape index (κ3) is 5.61. The second-order valence-electron chi connectivity index (χ2n) is 6.42. The predicted molar refractivity (Wildman–Crippen MR) is 106 cm³/mol. The van der Waals surface area contributed by atoms with Crippen LogP contribution in [-0.4, -0.2) is 43.4 Å². The zero-order valence-electron chi connectivity index (χ0n) is 17.0. The molecule has 0 N–H and O–H groups in total. The molecule has 0 saturated carbocycles. The standard InChI is InChI=1S/C21H25N3O5/c1-24(12-15-5-6-18(26-3)11-19(15)27-4)13-21-22-20(23-29-21)14-28-17-9-7-16(25-2)8-10-17/h5-11H,12-14H2,1-4H3. The van der Waals surface area contributed by atoms with Gasteiger partial charge in [0.05, 0.1) is 27.9 Å². The van der Waals surface area contributed by atoms with Gasteiger partial charge in [-0.15, -0.1) is 0 Å². The zero-order chi connectivity index (χ0) is 20.6. The number of hydrogen-bond donors (Lipinski definition) is 0.